The number of piperazine rings is 1. The third-order valence-electron chi connectivity index (χ3n) is 4.38. The Morgan fingerprint density at radius 1 is 1.00 bits per heavy atom. The summed E-state index contributed by atoms with van der Waals surface area (Å²) < 4.78 is 0. The molecule has 1 aliphatic heterocycles. The number of carbonyl (C=O) groups is 1. The molecule has 1 heterocycles. The van der Waals surface area contributed by atoms with Crippen LogP contribution in [-0.2, 0) is 6.42 Å². The van der Waals surface area contributed by atoms with E-state index >= 15 is 0 Å². The number of para-hydroxylation sites is 1. The zero-order valence-corrected chi connectivity index (χ0v) is 14.1. The van der Waals surface area contributed by atoms with E-state index in [4.69, 9.17) is 11.6 Å². The Balaban J connectivity index is 1.69. The van der Waals surface area contributed by atoms with Gasteiger partial charge in [0, 0.05) is 31.9 Å². The first-order valence-corrected chi connectivity index (χ1v) is 8.45. The maximum absolute atomic E-state index is 12.6. The first-order chi connectivity index (χ1) is 11.2. The van der Waals surface area contributed by atoms with Gasteiger partial charge in [0.15, 0.2) is 0 Å². The van der Waals surface area contributed by atoms with Gasteiger partial charge in [0.1, 0.15) is 0 Å². The highest BCUT2D eigenvalue weighted by molar-refractivity contribution is 6.33. The fourth-order valence-electron chi connectivity index (χ4n) is 3.07. The number of anilines is 1. The molecule has 4 heteroatoms. The quantitative estimate of drug-likeness (QED) is 0.854. The molecule has 1 fully saturated rings. The molecule has 1 amide bonds. The number of nitrogens with zero attached hydrogens (tertiary/aromatic N) is 2. The van der Waals surface area contributed by atoms with Crippen molar-refractivity contribution in [2.75, 3.05) is 31.1 Å². The number of halogens is 1. The van der Waals surface area contributed by atoms with Crippen molar-refractivity contribution in [3.05, 3.63) is 64.7 Å². The monoisotopic (exact) mass is 328 g/mol. The van der Waals surface area contributed by atoms with Crippen LogP contribution in [0.1, 0.15) is 22.8 Å². The Kier molecular flexibility index (Phi) is 4.87. The molecule has 3 rings (SSSR count). The van der Waals surface area contributed by atoms with Crippen molar-refractivity contribution >= 4 is 23.2 Å². The molecular formula is C19H21ClN2O. The molecular weight excluding hydrogens is 308 g/mol. The van der Waals surface area contributed by atoms with Crippen LogP contribution in [0.15, 0.2) is 48.5 Å². The number of rotatable bonds is 3. The van der Waals surface area contributed by atoms with E-state index in [2.05, 4.69) is 36.1 Å². The van der Waals surface area contributed by atoms with E-state index in [1.54, 1.807) is 12.1 Å². The lowest BCUT2D eigenvalue weighted by molar-refractivity contribution is 0.0747. The summed E-state index contributed by atoms with van der Waals surface area (Å²) in [6, 6.07) is 15.8. The van der Waals surface area contributed by atoms with Gasteiger partial charge in [-0.2, -0.15) is 0 Å². The van der Waals surface area contributed by atoms with E-state index in [0.29, 0.717) is 10.6 Å². The Bertz CT molecular complexity index is 693. The molecule has 0 spiro atoms. The Morgan fingerprint density at radius 3 is 2.35 bits per heavy atom. The normalized spacial score (nSPS) is 14.9. The number of carbonyl (C=O) groups excluding carboxylic acids is 1. The van der Waals surface area contributed by atoms with Crippen LogP contribution in [0.2, 0.25) is 5.02 Å². The highest BCUT2D eigenvalue weighted by Gasteiger charge is 2.24. The maximum Gasteiger partial charge on any atom is 0.255 e. The topological polar surface area (TPSA) is 23.6 Å². The molecule has 23 heavy (non-hydrogen) atoms. The molecule has 0 saturated carbocycles. The van der Waals surface area contributed by atoms with Gasteiger partial charge in [-0.25, -0.2) is 0 Å². The summed E-state index contributed by atoms with van der Waals surface area (Å²) in [5, 5.41) is 0.524. The second kappa shape index (κ2) is 7.05. The van der Waals surface area contributed by atoms with Gasteiger partial charge in [-0.05, 0) is 30.2 Å². The van der Waals surface area contributed by atoms with Crippen molar-refractivity contribution in [2.24, 2.45) is 0 Å². The van der Waals surface area contributed by atoms with Gasteiger partial charge in [0.05, 0.1) is 10.6 Å². The smallest absolute Gasteiger partial charge is 0.255 e. The van der Waals surface area contributed by atoms with Crippen LogP contribution in [0.4, 0.5) is 5.69 Å². The molecule has 0 aliphatic carbocycles. The Labute approximate surface area is 142 Å². The summed E-state index contributed by atoms with van der Waals surface area (Å²) in [5.41, 5.74) is 3.25. The standard InChI is InChI=1S/C19H21ClN2O/c1-2-15-7-3-6-10-18(15)21-11-13-22(14-12-21)19(23)16-8-4-5-9-17(16)20/h3-10H,2,11-14H2,1H3. The first kappa shape index (κ1) is 15.9. The van der Waals surface area contributed by atoms with Crippen LogP contribution in [0.3, 0.4) is 0 Å². The highest BCUT2D eigenvalue weighted by Crippen LogP contribution is 2.23. The van der Waals surface area contributed by atoms with Crippen molar-refractivity contribution in [3.63, 3.8) is 0 Å². The third kappa shape index (κ3) is 3.35. The van der Waals surface area contributed by atoms with E-state index < -0.39 is 0 Å². The molecule has 0 atom stereocenters. The van der Waals surface area contributed by atoms with Gasteiger partial charge >= 0.3 is 0 Å². The van der Waals surface area contributed by atoms with E-state index in [1.165, 1.54) is 11.3 Å². The minimum absolute atomic E-state index is 0.0269. The van der Waals surface area contributed by atoms with Gasteiger partial charge in [0.2, 0.25) is 0 Å². The van der Waals surface area contributed by atoms with Gasteiger partial charge in [-0.15, -0.1) is 0 Å². The van der Waals surface area contributed by atoms with E-state index in [0.717, 1.165) is 32.6 Å². The molecule has 0 N–H and O–H groups in total. The summed E-state index contributed by atoms with van der Waals surface area (Å²) in [7, 11) is 0. The maximum atomic E-state index is 12.6. The predicted molar refractivity (Wildman–Crippen MR) is 95.4 cm³/mol. The van der Waals surface area contributed by atoms with Crippen molar-refractivity contribution in [1.82, 2.24) is 4.90 Å². The second-order valence-electron chi connectivity index (χ2n) is 5.74. The predicted octanol–water partition coefficient (Wildman–Crippen LogP) is 3.86. The number of amides is 1. The second-order valence-corrected chi connectivity index (χ2v) is 6.15. The van der Waals surface area contributed by atoms with Crippen LogP contribution >= 0.6 is 11.6 Å². The minimum Gasteiger partial charge on any atom is -0.368 e. The van der Waals surface area contributed by atoms with Crippen molar-refractivity contribution in [1.29, 1.82) is 0 Å². The average Bonchev–Trinajstić information content (AvgIpc) is 2.61. The SMILES string of the molecule is CCc1ccccc1N1CCN(C(=O)c2ccccc2Cl)CC1. The molecule has 0 bridgehead atoms. The fraction of sp³-hybridized carbons (Fsp3) is 0.316. The minimum atomic E-state index is 0.0269. The van der Waals surface area contributed by atoms with E-state index in [1.807, 2.05) is 17.0 Å². The summed E-state index contributed by atoms with van der Waals surface area (Å²) in [5.74, 6) is 0.0269. The van der Waals surface area contributed by atoms with Crippen LogP contribution in [0.5, 0.6) is 0 Å². The zero-order chi connectivity index (χ0) is 16.2. The molecule has 2 aromatic carbocycles. The van der Waals surface area contributed by atoms with Crippen molar-refractivity contribution in [2.45, 2.75) is 13.3 Å². The van der Waals surface area contributed by atoms with Crippen molar-refractivity contribution < 1.29 is 4.79 Å². The number of benzene rings is 2. The number of hydrogen-bond donors (Lipinski definition) is 0. The molecule has 0 unspecified atom stereocenters. The summed E-state index contributed by atoms with van der Waals surface area (Å²) >= 11 is 6.14. The van der Waals surface area contributed by atoms with E-state index in [9.17, 15) is 4.79 Å². The lowest BCUT2D eigenvalue weighted by atomic mass is 10.1. The molecule has 120 valence electrons. The van der Waals surface area contributed by atoms with Crippen LogP contribution in [0.25, 0.3) is 0 Å². The highest BCUT2D eigenvalue weighted by atomic mass is 35.5. The van der Waals surface area contributed by atoms with Crippen LogP contribution in [0, 0.1) is 0 Å². The average molecular weight is 329 g/mol. The summed E-state index contributed by atoms with van der Waals surface area (Å²) in [4.78, 5) is 16.9. The molecule has 0 radical (unpaired) electrons. The fourth-order valence-corrected chi connectivity index (χ4v) is 3.29. The molecule has 1 aliphatic rings. The first-order valence-electron chi connectivity index (χ1n) is 8.07. The van der Waals surface area contributed by atoms with Crippen molar-refractivity contribution in [3.8, 4) is 0 Å². The molecule has 1 saturated heterocycles. The van der Waals surface area contributed by atoms with Gasteiger partial charge in [0.25, 0.3) is 5.91 Å². The van der Waals surface area contributed by atoms with Gasteiger partial charge in [-0.1, -0.05) is 48.9 Å². The largest absolute Gasteiger partial charge is 0.368 e. The number of hydrogen-bond acceptors (Lipinski definition) is 2. The van der Waals surface area contributed by atoms with Gasteiger partial charge < -0.3 is 9.80 Å². The number of aryl methyl sites for hydroxylation is 1. The lowest BCUT2D eigenvalue weighted by Gasteiger charge is -2.37. The Hall–Kier alpha value is -2.00. The summed E-state index contributed by atoms with van der Waals surface area (Å²) in [6.45, 7) is 5.33. The molecule has 2 aromatic rings. The third-order valence-corrected chi connectivity index (χ3v) is 4.71. The Morgan fingerprint density at radius 2 is 1.65 bits per heavy atom. The van der Waals surface area contributed by atoms with Crippen LogP contribution < -0.4 is 4.90 Å². The molecule has 3 nitrogen and oxygen atoms in total. The van der Waals surface area contributed by atoms with Crippen LogP contribution in [-0.4, -0.2) is 37.0 Å². The lowest BCUT2D eigenvalue weighted by Crippen LogP contribution is -2.49. The van der Waals surface area contributed by atoms with Gasteiger partial charge in [-0.3, -0.25) is 4.79 Å². The zero-order valence-electron chi connectivity index (χ0n) is 13.3. The molecule has 0 aromatic heterocycles. The summed E-state index contributed by atoms with van der Waals surface area (Å²) in [6.07, 6.45) is 1.02. The van der Waals surface area contributed by atoms with E-state index in [-0.39, 0.29) is 5.91 Å².